The summed E-state index contributed by atoms with van der Waals surface area (Å²) in [6.45, 7) is 2.32. The molecule has 0 aromatic heterocycles. The first-order valence-electron chi connectivity index (χ1n) is 6.77. The molecule has 0 saturated heterocycles. The quantitative estimate of drug-likeness (QED) is 0.607. The van der Waals surface area contributed by atoms with E-state index in [4.69, 9.17) is 10.2 Å². The maximum Gasteiger partial charge on any atom is 0.0607 e. The van der Waals surface area contributed by atoms with E-state index in [1.807, 2.05) is 0 Å². The van der Waals surface area contributed by atoms with Crippen molar-refractivity contribution in [2.75, 3.05) is 13.2 Å². The molecule has 0 aliphatic heterocycles. The summed E-state index contributed by atoms with van der Waals surface area (Å²) in [5.74, 6) is 0.901. The molecular weight excluding hydrogens is 202 g/mol. The van der Waals surface area contributed by atoms with Crippen molar-refractivity contribution in [3.8, 4) is 0 Å². The minimum Gasteiger partial charge on any atom is -0.395 e. The zero-order valence-electron chi connectivity index (χ0n) is 10.5. The van der Waals surface area contributed by atoms with Crippen molar-refractivity contribution in [3.63, 3.8) is 0 Å². The van der Waals surface area contributed by atoms with Gasteiger partial charge in [0.1, 0.15) is 0 Å². The molecular formula is C13H27NO2. The van der Waals surface area contributed by atoms with E-state index >= 15 is 0 Å². The highest BCUT2D eigenvalue weighted by Gasteiger charge is 2.20. The van der Waals surface area contributed by atoms with Gasteiger partial charge in [0.25, 0.3) is 0 Å². The third-order valence-electron chi connectivity index (χ3n) is 3.70. The second-order valence-electron chi connectivity index (χ2n) is 5.09. The van der Waals surface area contributed by atoms with Gasteiger partial charge in [0.05, 0.1) is 19.3 Å². The summed E-state index contributed by atoms with van der Waals surface area (Å²) in [5.41, 5.74) is 0. The Labute approximate surface area is 99.3 Å². The van der Waals surface area contributed by atoms with E-state index in [9.17, 15) is 0 Å². The first-order chi connectivity index (χ1) is 7.80. The molecule has 1 saturated carbocycles. The Balaban J connectivity index is 2.29. The average Bonchev–Trinajstić information content (AvgIpc) is 2.52. The van der Waals surface area contributed by atoms with Crippen molar-refractivity contribution in [2.24, 2.45) is 5.92 Å². The summed E-state index contributed by atoms with van der Waals surface area (Å²) in [7, 11) is 0. The summed E-state index contributed by atoms with van der Waals surface area (Å²) in [4.78, 5) is 0. The van der Waals surface area contributed by atoms with Gasteiger partial charge in [-0.1, -0.05) is 32.6 Å². The van der Waals surface area contributed by atoms with Crippen molar-refractivity contribution in [1.29, 1.82) is 0 Å². The monoisotopic (exact) mass is 229 g/mol. The molecule has 3 nitrogen and oxygen atoms in total. The normalized spacial score (nSPS) is 27.0. The van der Waals surface area contributed by atoms with Gasteiger partial charge in [0.2, 0.25) is 0 Å². The Hall–Kier alpha value is -0.120. The first kappa shape index (κ1) is 13.9. The highest BCUT2D eigenvalue weighted by molar-refractivity contribution is 4.78. The second-order valence-corrected chi connectivity index (χ2v) is 5.09. The van der Waals surface area contributed by atoms with Crippen molar-refractivity contribution >= 4 is 0 Å². The Morgan fingerprint density at radius 2 is 1.88 bits per heavy atom. The van der Waals surface area contributed by atoms with Crippen molar-refractivity contribution < 1.29 is 10.2 Å². The Kier molecular flexibility index (Phi) is 7.01. The third kappa shape index (κ3) is 4.81. The van der Waals surface area contributed by atoms with Gasteiger partial charge < -0.3 is 15.5 Å². The molecule has 1 aliphatic rings. The number of aliphatic hydroxyl groups excluding tert-OH is 2. The minimum atomic E-state index is -0.132. The van der Waals surface area contributed by atoms with Crippen LogP contribution in [0.2, 0.25) is 0 Å². The molecule has 0 amide bonds. The molecule has 0 aromatic rings. The summed E-state index contributed by atoms with van der Waals surface area (Å²) >= 11 is 0. The topological polar surface area (TPSA) is 52.5 Å². The van der Waals surface area contributed by atoms with Crippen molar-refractivity contribution in [2.45, 2.75) is 64.0 Å². The predicted molar refractivity (Wildman–Crippen MR) is 66.4 cm³/mol. The molecule has 1 fully saturated rings. The summed E-state index contributed by atoms with van der Waals surface area (Å²) in [5, 5.41) is 21.4. The standard InChI is InChI=1S/C13H27NO2/c1-2-4-11-5-3-6-12(8-7-11)14-13(9-15)10-16/h11-16H,2-10H2,1H3. The van der Waals surface area contributed by atoms with Crippen LogP contribution in [0.1, 0.15) is 51.9 Å². The summed E-state index contributed by atoms with van der Waals surface area (Å²) < 4.78 is 0. The number of rotatable bonds is 6. The first-order valence-corrected chi connectivity index (χ1v) is 6.77. The number of hydrogen-bond acceptors (Lipinski definition) is 3. The van der Waals surface area contributed by atoms with Crippen LogP contribution in [0, 0.1) is 5.92 Å². The SMILES string of the molecule is CCCC1CCCC(NC(CO)CO)CC1. The zero-order chi connectivity index (χ0) is 11.8. The minimum absolute atomic E-state index is 0.0331. The highest BCUT2D eigenvalue weighted by atomic mass is 16.3. The van der Waals surface area contributed by atoms with Crippen LogP contribution >= 0.6 is 0 Å². The van der Waals surface area contributed by atoms with Crippen molar-refractivity contribution in [1.82, 2.24) is 5.32 Å². The van der Waals surface area contributed by atoms with Gasteiger partial charge in [-0.05, 0) is 25.2 Å². The lowest BCUT2D eigenvalue weighted by Gasteiger charge is -2.22. The fourth-order valence-electron chi connectivity index (χ4n) is 2.74. The van der Waals surface area contributed by atoms with E-state index in [0.717, 1.165) is 5.92 Å². The molecule has 1 rings (SSSR count). The van der Waals surface area contributed by atoms with Gasteiger partial charge in [-0.25, -0.2) is 0 Å². The van der Waals surface area contributed by atoms with Crippen LogP contribution in [-0.4, -0.2) is 35.5 Å². The summed E-state index contributed by atoms with van der Waals surface area (Å²) in [6, 6.07) is 0.360. The largest absolute Gasteiger partial charge is 0.395 e. The Morgan fingerprint density at radius 1 is 1.12 bits per heavy atom. The molecule has 2 unspecified atom stereocenters. The maximum atomic E-state index is 9.04. The predicted octanol–water partition coefficient (Wildman–Crippen LogP) is 1.68. The van der Waals surface area contributed by atoms with Gasteiger partial charge in [0, 0.05) is 6.04 Å². The fraction of sp³-hybridized carbons (Fsp3) is 1.00. The van der Waals surface area contributed by atoms with Crippen LogP contribution < -0.4 is 5.32 Å². The maximum absolute atomic E-state index is 9.04. The molecule has 96 valence electrons. The van der Waals surface area contributed by atoms with Crippen LogP contribution in [-0.2, 0) is 0 Å². The molecule has 2 atom stereocenters. The van der Waals surface area contributed by atoms with Crippen LogP contribution in [0.15, 0.2) is 0 Å². The smallest absolute Gasteiger partial charge is 0.0607 e. The Morgan fingerprint density at radius 3 is 2.50 bits per heavy atom. The molecule has 3 N–H and O–H groups in total. The fourth-order valence-corrected chi connectivity index (χ4v) is 2.74. The summed E-state index contributed by atoms with van der Waals surface area (Å²) in [6.07, 6.45) is 8.97. The lowest BCUT2D eigenvalue weighted by atomic mass is 9.95. The second kappa shape index (κ2) is 8.04. The van der Waals surface area contributed by atoms with E-state index in [1.54, 1.807) is 0 Å². The number of nitrogens with one attached hydrogen (secondary N) is 1. The molecule has 1 aliphatic carbocycles. The van der Waals surface area contributed by atoms with Crippen LogP contribution in [0.4, 0.5) is 0 Å². The number of aliphatic hydroxyl groups is 2. The van der Waals surface area contributed by atoms with E-state index in [1.165, 1.54) is 44.9 Å². The molecule has 0 radical (unpaired) electrons. The lowest BCUT2D eigenvalue weighted by Crippen LogP contribution is -2.42. The average molecular weight is 229 g/mol. The van der Waals surface area contributed by atoms with E-state index < -0.39 is 0 Å². The molecule has 16 heavy (non-hydrogen) atoms. The van der Waals surface area contributed by atoms with E-state index in [2.05, 4.69) is 12.2 Å². The van der Waals surface area contributed by atoms with E-state index in [0.29, 0.717) is 6.04 Å². The van der Waals surface area contributed by atoms with Crippen LogP contribution in [0.3, 0.4) is 0 Å². The van der Waals surface area contributed by atoms with Gasteiger partial charge in [0.15, 0.2) is 0 Å². The number of hydrogen-bond donors (Lipinski definition) is 3. The Bertz CT molecular complexity index is 171. The van der Waals surface area contributed by atoms with Gasteiger partial charge in [-0.3, -0.25) is 0 Å². The molecule has 0 heterocycles. The molecule has 0 aromatic carbocycles. The van der Waals surface area contributed by atoms with E-state index in [-0.39, 0.29) is 19.3 Å². The molecule has 0 bridgehead atoms. The van der Waals surface area contributed by atoms with Gasteiger partial charge >= 0.3 is 0 Å². The van der Waals surface area contributed by atoms with Gasteiger partial charge in [-0.15, -0.1) is 0 Å². The molecule has 3 heteroatoms. The van der Waals surface area contributed by atoms with Crippen LogP contribution in [0.25, 0.3) is 0 Å². The van der Waals surface area contributed by atoms with Crippen molar-refractivity contribution in [3.05, 3.63) is 0 Å². The lowest BCUT2D eigenvalue weighted by molar-refractivity contribution is 0.159. The third-order valence-corrected chi connectivity index (χ3v) is 3.70. The van der Waals surface area contributed by atoms with Gasteiger partial charge in [-0.2, -0.15) is 0 Å². The zero-order valence-corrected chi connectivity index (χ0v) is 10.5. The highest BCUT2D eigenvalue weighted by Crippen LogP contribution is 2.26. The van der Waals surface area contributed by atoms with Crippen LogP contribution in [0.5, 0.6) is 0 Å². The molecule has 0 spiro atoms.